The molecule has 34 heavy (non-hydrogen) atoms. The van der Waals surface area contributed by atoms with Gasteiger partial charge in [-0.2, -0.15) is 0 Å². The van der Waals surface area contributed by atoms with E-state index in [0.29, 0.717) is 19.1 Å². The molecule has 3 rings (SSSR count). The van der Waals surface area contributed by atoms with Crippen molar-refractivity contribution in [2.75, 3.05) is 19.7 Å². The topological polar surface area (TPSA) is 79.5 Å². The van der Waals surface area contributed by atoms with Gasteiger partial charge in [-0.05, 0) is 61.9 Å². The summed E-state index contributed by atoms with van der Waals surface area (Å²) in [6.45, 7) is 8.16. The number of hydrogen-bond acceptors (Lipinski definition) is 4. The number of rotatable bonds is 12. The lowest BCUT2D eigenvalue weighted by Crippen LogP contribution is -2.45. The molecule has 2 unspecified atom stereocenters. The van der Waals surface area contributed by atoms with Crippen molar-refractivity contribution in [1.82, 2.24) is 16.0 Å². The Morgan fingerprint density at radius 1 is 1.06 bits per heavy atom. The minimum atomic E-state index is -0.336. The molecule has 0 aromatic heterocycles. The van der Waals surface area contributed by atoms with Crippen LogP contribution in [-0.2, 0) is 9.59 Å². The summed E-state index contributed by atoms with van der Waals surface area (Å²) in [4.78, 5) is 25.6. The number of carbonyl (C=O) groups is 2. The molecule has 4 atom stereocenters. The average molecular weight is 466 g/mol. The van der Waals surface area contributed by atoms with Crippen LogP contribution < -0.4 is 20.7 Å². The summed E-state index contributed by atoms with van der Waals surface area (Å²) in [5, 5.41) is 9.40. The van der Waals surface area contributed by atoms with Gasteiger partial charge in [0.2, 0.25) is 11.8 Å². The van der Waals surface area contributed by atoms with Gasteiger partial charge in [0, 0.05) is 6.54 Å². The molecular weight excluding hydrogens is 426 g/mol. The zero-order valence-corrected chi connectivity index (χ0v) is 20.7. The Bertz CT molecular complexity index is 895. The van der Waals surface area contributed by atoms with Crippen molar-refractivity contribution in [3.8, 4) is 5.75 Å². The van der Waals surface area contributed by atoms with Gasteiger partial charge >= 0.3 is 0 Å². The number of hydrogen-bond donors (Lipinski definition) is 3. The molecule has 1 saturated heterocycles. The number of amides is 2. The molecule has 1 aliphatic heterocycles. The van der Waals surface area contributed by atoms with Crippen LogP contribution in [0.4, 0.5) is 0 Å². The van der Waals surface area contributed by atoms with Crippen molar-refractivity contribution < 1.29 is 14.3 Å². The van der Waals surface area contributed by atoms with Crippen LogP contribution in [0.25, 0.3) is 0 Å². The fraction of sp³-hybridized carbons (Fsp3) is 0.500. The van der Waals surface area contributed by atoms with Gasteiger partial charge in [-0.25, -0.2) is 0 Å². The molecule has 6 heteroatoms. The highest BCUT2D eigenvalue weighted by atomic mass is 16.5. The first-order valence-corrected chi connectivity index (χ1v) is 12.6. The summed E-state index contributed by atoms with van der Waals surface area (Å²) in [6, 6.07) is 17.1. The summed E-state index contributed by atoms with van der Waals surface area (Å²) in [5.74, 6) is 0.943. The van der Waals surface area contributed by atoms with Crippen LogP contribution >= 0.6 is 0 Å². The third-order valence-electron chi connectivity index (χ3n) is 6.47. The highest BCUT2D eigenvalue weighted by Crippen LogP contribution is 2.21. The first-order chi connectivity index (χ1) is 16.5. The van der Waals surface area contributed by atoms with E-state index in [-0.39, 0.29) is 29.8 Å². The van der Waals surface area contributed by atoms with Crippen molar-refractivity contribution >= 4 is 11.8 Å². The van der Waals surface area contributed by atoms with Crippen LogP contribution in [0.15, 0.2) is 54.6 Å². The molecule has 184 valence electrons. The molecule has 6 nitrogen and oxygen atoms in total. The Labute approximate surface area is 203 Å². The third kappa shape index (κ3) is 7.59. The average Bonchev–Trinajstić information content (AvgIpc) is 3.41. The highest BCUT2D eigenvalue weighted by molar-refractivity contribution is 5.84. The Morgan fingerprint density at radius 2 is 1.79 bits per heavy atom. The summed E-state index contributed by atoms with van der Waals surface area (Å²) in [6.07, 6.45) is 4.14. The molecule has 1 aliphatic rings. The third-order valence-corrected chi connectivity index (χ3v) is 6.47. The van der Waals surface area contributed by atoms with Crippen LogP contribution in [-0.4, -0.2) is 37.6 Å². The van der Waals surface area contributed by atoms with Gasteiger partial charge in [0.15, 0.2) is 0 Å². The van der Waals surface area contributed by atoms with E-state index in [1.807, 2.05) is 61.5 Å². The lowest BCUT2D eigenvalue weighted by molar-refractivity contribution is -0.125. The SMILES string of the molecule is CCCC(C)COc1ccc([C@H](CNC(=O)C2CCCN2)NC(=O)[C@@H](C)c2ccccc2)cc1. The van der Waals surface area contributed by atoms with Crippen molar-refractivity contribution in [3.05, 3.63) is 65.7 Å². The second-order valence-electron chi connectivity index (χ2n) is 9.36. The van der Waals surface area contributed by atoms with Crippen molar-refractivity contribution in [2.45, 2.75) is 64.5 Å². The minimum Gasteiger partial charge on any atom is -0.493 e. The van der Waals surface area contributed by atoms with Crippen LogP contribution in [0.5, 0.6) is 5.75 Å². The summed E-state index contributed by atoms with van der Waals surface area (Å²) in [7, 11) is 0. The van der Waals surface area contributed by atoms with Gasteiger partial charge in [0.1, 0.15) is 5.75 Å². The van der Waals surface area contributed by atoms with Gasteiger partial charge < -0.3 is 20.7 Å². The van der Waals surface area contributed by atoms with E-state index in [0.717, 1.165) is 49.1 Å². The second kappa shape index (κ2) is 13.1. The zero-order chi connectivity index (χ0) is 24.3. The highest BCUT2D eigenvalue weighted by Gasteiger charge is 2.25. The van der Waals surface area contributed by atoms with E-state index >= 15 is 0 Å². The van der Waals surface area contributed by atoms with Gasteiger partial charge in [0.05, 0.1) is 24.6 Å². The van der Waals surface area contributed by atoms with Crippen molar-refractivity contribution in [3.63, 3.8) is 0 Å². The molecule has 2 aromatic rings. The molecule has 0 saturated carbocycles. The Balaban J connectivity index is 1.67. The second-order valence-corrected chi connectivity index (χ2v) is 9.36. The van der Waals surface area contributed by atoms with Crippen LogP contribution in [0.3, 0.4) is 0 Å². The van der Waals surface area contributed by atoms with Crippen LogP contribution in [0, 0.1) is 5.92 Å². The predicted octanol–water partition coefficient (Wildman–Crippen LogP) is 4.33. The zero-order valence-electron chi connectivity index (χ0n) is 20.7. The standard InChI is InChI=1S/C28H39N3O3/c1-4-9-20(2)19-34-24-15-13-23(14-16-24)26(18-30-28(33)25-12-8-17-29-25)31-27(32)21(3)22-10-6-5-7-11-22/h5-7,10-11,13-16,20-21,25-26,29H,4,8-9,12,17-19H2,1-3H3,(H,30,33)(H,31,32)/t20?,21-,25?,26-/m0/s1. The fourth-order valence-electron chi connectivity index (χ4n) is 4.29. The summed E-state index contributed by atoms with van der Waals surface area (Å²) in [5.41, 5.74) is 1.89. The fourth-order valence-corrected chi connectivity index (χ4v) is 4.29. The maximum Gasteiger partial charge on any atom is 0.237 e. The molecule has 0 radical (unpaired) electrons. The van der Waals surface area contributed by atoms with Crippen molar-refractivity contribution in [1.29, 1.82) is 0 Å². The largest absolute Gasteiger partial charge is 0.493 e. The summed E-state index contributed by atoms with van der Waals surface area (Å²) >= 11 is 0. The molecule has 0 aliphatic carbocycles. The number of carbonyl (C=O) groups excluding carboxylic acids is 2. The predicted molar refractivity (Wildman–Crippen MR) is 136 cm³/mol. The molecule has 0 spiro atoms. The Kier molecular flexibility index (Phi) is 9.95. The first-order valence-electron chi connectivity index (χ1n) is 12.6. The molecule has 2 amide bonds. The monoisotopic (exact) mass is 465 g/mol. The molecule has 0 bridgehead atoms. The number of benzene rings is 2. The number of nitrogens with one attached hydrogen (secondary N) is 3. The van der Waals surface area contributed by atoms with E-state index in [9.17, 15) is 9.59 Å². The number of ether oxygens (including phenoxy) is 1. The smallest absolute Gasteiger partial charge is 0.237 e. The van der Waals surface area contributed by atoms with E-state index in [4.69, 9.17) is 4.74 Å². The molecular formula is C28H39N3O3. The van der Waals surface area contributed by atoms with Gasteiger partial charge in [-0.15, -0.1) is 0 Å². The lowest BCUT2D eigenvalue weighted by atomic mass is 9.99. The Morgan fingerprint density at radius 3 is 2.44 bits per heavy atom. The van der Waals surface area contributed by atoms with Gasteiger partial charge in [-0.1, -0.05) is 62.7 Å². The van der Waals surface area contributed by atoms with E-state index in [1.165, 1.54) is 0 Å². The molecule has 1 fully saturated rings. The van der Waals surface area contributed by atoms with Crippen LogP contribution in [0.1, 0.15) is 69.5 Å². The molecule has 1 heterocycles. The Hall–Kier alpha value is -2.86. The summed E-state index contributed by atoms with van der Waals surface area (Å²) < 4.78 is 5.93. The maximum atomic E-state index is 13.1. The first kappa shape index (κ1) is 25.8. The molecule has 2 aromatic carbocycles. The van der Waals surface area contributed by atoms with Crippen molar-refractivity contribution in [2.24, 2.45) is 5.92 Å². The maximum absolute atomic E-state index is 13.1. The van der Waals surface area contributed by atoms with E-state index < -0.39 is 0 Å². The normalized spacial score (nSPS) is 18.0. The van der Waals surface area contributed by atoms with Gasteiger partial charge in [-0.3, -0.25) is 9.59 Å². The quantitative estimate of drug-likeness (QED) is 0.436. The van der Waals surface area contributed by atoms with Crippen LogP contribution in [0.2, 0.25) is 0 Å². The minimum absolute atomic E-state index is 0.0160. The van der Waals surface area contributed by atoms with Gasteiger partial charge in [0.25, 0.3) is 0 Å². The van der Waals surface area contributed by atoms with E-state index in [1.54, 1.807) is 0 Å². The molecule has 3 N–H and O–H groups in total. The van der Waals surface area contributed by atoms with E-state index in [2.05, 4.69) is 29.8 Å². The lowest BCUT2D eigenvalue weighted by Gasteiger charge is -2.23.